The van der Waals surface area contributed by atoms with Crippen molar-refractivity contribution in [1.82, 2.24) is 10.3 Å². The summed E-state index contributed by atoms with van der Waals surface area (Å²) in [6.45, 7) is 0.224. The molecular formula is C14H17F2IN2O. The fraction of sp³-hybridized carbons (Fsp3) is 0.429. The summed E-state index contributed by atoms with van der Waals surface area (Å²) in [5, 5.41) is 12.4. The summed E-state index contributed by atoms with van der Waals surface area (Å²) in [6, 6.07) is 6.03. The average Bonchev–Trinajstić information content (AvgIpc) is 2.79. The number of aromatic nitrogens is 1. The first-order valence-electron chi connectivity index (χ1n) is 6.39. The SMILES string of the molecule is CC(Cc1c[nH]c2cc(I)ccc12)NCC(F)(F)CO. The van der Waals surface area contributed by atoms with E-state index in [-0.39, 0.29) is 6.04 Å². The Labute approximate surface area is 129 Å². The summed E-state index contributed by atoms with van der Waals surface area (Å²) in [5.41, 5.74) is 2.16. The maximum atomic E-state index is 13.0. The second-order valence-corrected chi connectivity index (χ2v) is 6.25. The Hall–Kier alpha value is -0.730. The van der Waals surface area contributed by atoms with Crippen molar-refractivity contribution in [2.45, 2.75) is 25.3 Å². The molecular weight excluding hydrogens is 377 g/mol. The van der Waals surface area contributed by atoms with Crippen LogP contribution in [0.3, 0.4) is 0 Å². The van der Waals surface area contributed by atoms with Crippen LogP contribution in [0.5, 0.6) is 0 Å². The molecule has 0 saturated heterocycles. The van der Waals surface area contributed by atoms with Crippen LogP contribution in [0, 0.1) is 3.57 Å². The Morgan fingerprint density at radius 2 is 2.20 bits per heavy atom. The lowest BCUT2D eigenvalue weighted by atomic mass is 10.1. The van der Waals surface area contributed by atoms with Gasteiger partial charge < -0.3 is 15.4 Å². The van der Waals surface area contributed by atoms with E-state index in [1.165, 1.54) is 0 Å². The third kappa shape index (κ3) is 3.89. The summed E-state index contributed by atoms with van der Waals surface area (Å²) in [7, 11) is 0. The highest BCUT2D eigenvalue weighted by molar-refractivity contribution is 14.1. The van der Waals surface area contributed by atoms with Crippen LogP contribution in [0.25, 0.3) is 10.9 Å². The second kappa shape index (κ2) is 6.36. The molecule has 1 unspecified atom stereocenters. The third-order valence-electron chi connectivity index (χ3n) is 3.20. The Balaban J connectivity index is 2.01. The molecule has 6 heteroatoms. The van der Waals surface area contributed by atoms with Gasteiger partial charge in [-0.2, -0.15) is 0 Å². The number of halogens is 3. The molecule has 1 aromatic carbocycles. The highest BCUT2D eigenvalue weighted by Gasteiger charge is 2.27. The number of aromatic amines is 1. The fourth-order valence-corrected chi connectivity index (χ4v) is 2.60. The molecule has 0 aliphatic heterocycles. The van der Waals surface area contributed by atoms with Gasteiger partial charge in [0.05, 0.1) is 6.54 Å². The second-order valence-electron chi connectivity index (χ2n) is 5.00. The largest absolute Gasteiger partial charge is 0.390 e. The van der Waals surface area contributed by atoms with Crippen LogP contribution >= 0.6 is 22.6 Å². The van der Waals surface area contributed by atoms with Gasteiger partial charge in [-0.1, -0.05) is 6.07 Å². The zero-order chi connectivity index (χ0) is 14.8. The van der Waals surface area contributed by atoms with Crippen molar-refractivity contribution in [1.29, 1.82) is 0 Å². The molecule has 20 heavy (non-hydrogen) atoms. The van der Waals surface area contributed by atoms with Crippen LogP contribution in [-0.4, -0.2) is 35.2 Å². The monoisotopic (exact) mass is 394 g/mol. The van der Waals surface area contributed by atoms with Crippen LogP contribution in [0.15, 0.2) is 24.4 Å². The van der Waals surface area contributed by atoms with Gasteiger partial charge in [0.25, 0.3) is 5.92 Å². The Bertz CT molecular complexity index is 586. The Kier molecular flexibility index (Phi) is 4.98. The molecule has 110 valence electrons. The van der Waals surface area contributed by atoms with Gasteiger partial charge in [0.1, 0.15) is 6.61 Å². The molecule has 2 rings (SSSR count). The molecule has 1 aromatic heterocycles. The number of fused-ring (bicyclic) bond motifs is 1. The highest BCUT2D eigenvalue weighted by Crippen LogP contribution is 2.22. The Morgan fingerprint density at radius 3 is 2.90 bits per heavy atom. The van der Waals surface area contributed by atoms with E-state index in [9.17, 15) is 8.78 Å². The van der Waals surface area contributed by atoms with Gasteiger partial charge in [-0.3, -0.25) is 0 Å². The van der Waals surface area contributed by atoms with Gasteiger partial charge in [-0.25, -0.2) is 8.78 Å². The average molecular weight is 394 g/mol. The topological polar surface area (TPSA) is 48.0 Å². The number of benzene rings is 1. The smallest absolute Gasteiger partial charge is 0.282 e. The number of H-pyrrole nitrogens is 1. The van der Waals surface area contributed by atoms with Gasteiger partial charge in [0.15, 0.2) is 0 Å². The quantitative estimate of drug-likeness (QED) is 0.660. The molecule has 0 spiro atoms. The molecule has 1 heterocycles. The van der Waals surface area contributed by atoms with Crippen molar-refractivity contribution >= 4 is 33.5 Å². The first-order chi connectivity index (χ1) is 9.41. The van der Waals surface area contributed by atoms with Gasteiger partial charge in [0.2, 0.25) is 0 Å². The van der Waals surface area contributed by atoms with Crippen LogP contribution in [-0.2, 0) is 6.42 Å². The summed E-state index contributed by atoms with van der Waals surface area (Å²) >= 11 is 2.25. The maximum absolute atomic E-state index is 13.0. The lowest BCUT2D eigenvalue weighted by molar-refractivity contribution is -0.0490. The number of nitrogens with one attached hydrogen (secondary N) is 2. The standard InChI is InChI=1S/C14H17F2IN2O/c1-9(19-7-14(15,16)8-20)4-10-6-18-13-5-11(17)2-3-12(10)13/h2-3,5-6,9,18-20H,4,7-8H2,1H3. The summed E-state index contributed by atoms with van der Waals surface area (Å²) in [4.78, 5) is 3.20. The number of hydrogen-bond acceptors (Lipinski definition) is 2. The first kappa shape index (κ1) is 15.7. The van der Waals surface area contributed by atoms with Crippen LogP contribution in [0.4, 0.5) is 8.78 Å². The molecule has 0 radical (unpaired) electrons. The molecule has 3 nitrogen and oxygen atoms in total. The zero-order valence-electron chi connectivity index (χ0n) is 11.1. The van der Waals surface area contributed by atoms with Crippen molar-refractivity contribution < 1.29 is 13.9 Å². The lowest BCUT2D eigenvalue weighted by Gasteiger charge is -2.18. The van der Waals surface area contributed by atoms with Crippen molar-refractivity contribution in [3.8, 4) is 0 Å². The minimum atomic E-state index is -3.06. The zero-order valence-corrected chi connectivity index (χ0v) is 13.2. The van der Waals surface area contributed by atoms with E-state index in [4.69, 9.17) is 5.11 Å². The predicted molar refractivity (Wildman–Crippen MR) is 84.2 cm³/mol. The molecule has 2 aromatic rings. The van der Waals surface area contributed by atoms with Gasteiger partial charge in [-0.15, -0.1) is 0 Å². The lowest BCUT2D eigenvalue weighted by Crippen LogP contribution is -2.40. The molecule has 0 bridgehead atoms. The van der Waals surface area contributed by atoms with E-state index in [0.717, 1.165) is 20.0 Å². The molecule has 0 saturated carbocycles. The highest BCUT2D eigenvalue weighted by atomic mass is 127. The van der Waals surface area contributed by atoms with Crippen molar-refractivity contribution in [2.75, 3.05) is 13.2 Å². The van der Waals surface area contributed by atoms with E-state index in [0.29, 0.717) is 6.42 Å². The summed E-state index contributed by atoms with van der Waals surface area (Å²) in [5.74, 6) is -3.06. The van der Waals surface area contributed by atoms with Crippen LogP contribution in [0.2, 0.25) is 0 Å². The number of aliphatic hydroxyl groups is 1. The first-order valence-corrected chi connectivity index (χ1v) is 7.47. The maximum Gasteiger partial charge on any atom is 0.282 e. The molecule has 1 atom stereocenters. The van der Waals surface area contributed by atoms with Crippen molar-refractivity contribution in [3.63, 3.8) is 0 Å². The minimum Gasteiger partial charge on any atom is -0.390 e. The van der Waals surface area contributed by atoms with E-state index >= 15 is 0 Å². The number of aliphatic hydroxyl groups excluding tert-OH is 1. The van der Waals surface area contributed by atoms with Gasteiger partial charge >= 0.3 is 0 Å². The molecule has 0 aliphatic rings. The van der Waals surface area contributed by atoms with Gasteiger partial charge in [0, 0.05) is 26.7 Å². The normalized spacial score (nSPS) is 13.8. The summed E-state index contributed by atoms with van der Waals surface area (Å²) < 4.78 is 27.1. The van der Waals surface area contributed by atoms with Crippen LogP contribution < -0.4 is 5.32 Å². The van der Waals surface area contributed by atoms with E-state index in [1.54, 1.807) is 0 Å². The van der Waals surface area contributed by atoms with E-state index < -0.39 is 19.1 Å². The van der Waals surface area contributed by atoms with Crippen molar-refractivity contribution in [3.05, 3.63) is 33.5 Å². The molecule has 0 fully saturated rings. The summed E-state index contributed by atoms with van der Waals surface area (Å²) in [6.07, 6.45) is 2.57. The van der Waals surface area contributed by atoms with E-state index in [1.807, 2.05) is 25.3 Å². The molecule has 0 aliphatic carbocycles. The van der Waals surface area contributed by atoms with E-state index in [2.05, 4.69) is 39.0 Å². The van der Waals surface area contributed by atoms with Crippen LogP contribution in [0.1, 0.15) is 12.5 Å². The number of rotatable bonds is 6. The third-order valence-corrected chi connectivity index (χ3v) is 3.87. The molecule has 3 N–H and O–H groups in total. The number of hydrogen-bond donors (Lipinski definition) is 3. The fourth-order valence-electron chi connectivity index (χ4n) is 2.11. The predicted octanol–water partition coefficient (Wildman–Crippen LogP) is 2.92. The minimum absolute atomic E-state index is 0.0919. The number of alkyl halides is 2. The molecule has 0 amide bonds. The van der Waals surface area contributed by atoms with Gasteiger partial charge in [-0.05, 0) is 53.6 Å². The van der Waals surface area contributed by atoms with Crippen molar-refractivity contribution in [2.24, 2.45) is 0 Å². The Morgan fingerprint density at radius 1 is 1.45 bits per heavy atom.